The molecular formula is C21H15ClF3N5O2S. The predicted molar refractivity (Wildman–Crippen MR) is 119 cm³/mol. The molecule has 4 rings (SSSR count). The molecule has 0 bridgehead atoms. The van der Waals surface area contributed by atoms with E-state index < -0.39 is 17.6 Å². The van der Waals surface area contributed by atoms with Crippen molar-refractivity contribution in [3.63, 3.8) is 0 Å². The summed E-state index contributed by atoms with van der Waals surface area (Å²) in [5, 5.41) is 15.6. The maximum atomic E-state index is 12.9. The van der Waals surface area contributed by atoms with Gasteiger partial charge in [-0.1, -0.05) is 23.4 Å². The fraction of sp³-hybridized carbons (Fsp3) is 0.143. The Kier molecular flexibility index (Phi) is 6.43. The number of aromatic nitrogens is 4. The molecule has 1 N–H and O–H groups in total. The van der Waals surface area contributed by atoms with Crippen molar-refractivity contribution in [2.45, 2.75) is 11.2 Å². The van der Waals surface area contributed by atoms with E-state index in [4.69, 9.17) is 16.3 Å². The molecule has 2 aromatic heterocycles. The Bertz CT molecular complexity index is 1310. The van der Waals surface area contributed by atoms with E-state index in [0.29, 0.717) is 22.2 Å². The van der Waals surface area contributed by atoms with Crippen LogP contribution < -0.4 is 10.1 Å². The van der Waals surface area contributed by atoms with E-state index in [0.717, 1.165) is 35.5 Å². The summed E-state index contributed by atoms with van der Waals surface area (Å²) in [6.07, 6.45) is -4.54. The van der Waals surface area contributed by atoms with Gasteiger partial charge in [-0.15, -0.1) is 10.2 Å². The number of hydrogen-bond acceptors (Lipinski definition) is 6. The van der Waals surface area contributed by atoms with Crippen LogP contribution in [0.5, 0.6) is 5.75 Å². The van der Waals surface area contributed by atoms with E-state index >= 15 is 0 Å². The standard InChI is InChI=1S/C21H15ClF3N5O2S/c1-32-14-5-2-12(3-6-14)20-28-27-17-8-9-19(29-30(17)20)33-11-18(31)26-16-10-13(21(23,24)25)4-7-15(16)22/h2-10H,11H2,1H3,(H,26,31). The molecule has 0 radical (unpaired) electrons. The van der Waals surface area contributed by atoms with Crippen molar-refractivity contribution in [1.29, 1.82) is 0 Å². The van der Waals surface area contributed by atoms with Crippen LogP contribution >= 0.6 is 23.4 Å². The van der Waals surface area contributed by atoms with Crippen molar-refractivity contribution >= 4 is 40.6 Å². The molecule has 0 aliphatic rings. The lowest BCUT2D eigenvalue weighted by Gasteiger charge is -2.11. The van der Waals surface area contributed by atoms with Crippen LogP contribution in [0.1, 0.15) is 5.56 Å². The van der Waals surface area contributed by atoms with Gasteiger partial charge in [-0.25, -0.2) is 0 Å². The minimum Gasteiger partial charge on any atom is -0.497 e. The molecule has 0 spiro atoms. The summed E-state index contributed by atoms with van der Waals surface area (Å²) >= 11 is 7.04. The number of anilines is 1. The molecule has 1 amide bonds. The average Bonchev–Trinajstić information content (AvgIpc) is 3.22. The minimum absolute atomic E-state index is 0.00881. The third-order valence-corrected chi connectivity index (χ3v) is 5.76. The van der Waals surface area contributed by atoms with Crippen LogP contribution in [0.3, 0.4) is 0 Å². The number of benzene rings is 2. The number of alkyl halides is 3. The molecule has 0 atom stereocenters. The van der Waals surface area contributed by atoms with Gasteiger partial charge in [0.25, 0.3) is 0 Å². The van der Waals surface area contributed by atoms with Crippen molar-refractivity contribution < 1.29 is 22.7 Å². The first-order valence-corrected chi connectivity index (χ1v) is 10.8. The zero-order chi connectivity index (χ0) is 23.6. The number of methoxy groups -OCH3 is 1. The van der Waals surface area contributed by atoms with Crippen molar-refractivity contribution in [3.8, 4) is 17.1 Å². The number of nitrogens with zero attached hydrogens (tertiary/aromatic N) is 4. The molecule has 170 valence electrons. The van der Waals surface area contributed by atoms with Gasteiger partial charge >= 0.3 is 6.18 Å². The zero-order valence-electron chi connectivity index (χ0n) is 16.9. The van der Waals surface area contributed by atoms with Gasteiger partial charge in [0.05, 0.1) is 29.1 Å². The number of nitrogens with one attached hydrogen (secondary N) is 1. The highest BCUT2D eigenvalue weighted by molar-refractivity contribution is 7.99. The maximum Gasteiger partial charge on any atom is 0.416 e. The lowest BCUT2D eigenvalue weighted by Crippen LogP contribution is -2.15. The van der Waals surface area contributed by atoms with E-state index in [9.17, 15) is 18.0 Å². The average molecular weight is 494 g/mol. The van der Waals surface area contributed by atoms with Gasteiger partial charge in [-0.05, 0) is 54.6 Å². The Hall–Kier alpha value is -3.31. The van der Waals surface area contributed by atoms with Gasteiger partial charge in [0.1, 0.15) is 10.8 Å². The summed E-state index contributed by atoms with van der Waals surface area (Å²) in [6, 6.07) is 13.4. The number of carbonyl (C=O) groups excluding carboxylic acids is 1. The molecule has 7 nitrogen and oxygen atoms in total. The van der Waals surface area contributed by atoms with Crippen molar-refractivity contribution in [2.75, 3.05) is 18.2 Å². The van der Waals surface area contributed by atoms with Crippen molar-refractivity contribution in [3.05, 3.63) is 65.2 Å². The normalized spacial score (nSPS) is 11.5. The Morgan fingerprint density at radius 1 is 1.12 bits per heavy atom. The van der Waals surface area contributed by atoms with Crippen molar-refractivity contribution in [1.82, 2.24) is 19.8 Å². The first kappa shape index (κ1) is 22.9. The highest BCUT2D eigenvalue weighted by atomic mass is 35.5. The number of rotatable bonds is 6. The number of ether oxygens (including phenoxy) is 1. The second kappa shape index (κ2) is 9.28. The van der Waals surface area contributed by atoms with Crippen LogP contribution in [0.15, 0.2) is 59.6 Å². The Morgan fingerprint density at radius 2 is 1.88 bits per heavy atom. The number of fused-ring (bicyclic) bond motifs is 1. The van der Waals surface area contributed by atoms with Crippen LogP contribution in [0.4, 0.5) is 18.9 Å². The summed E-state index contributed by atoms with van der Waals surface area (Å²) in [5.41, 5.74) is 0.280. The molecule has 0 saturated heterocycles. The summed E-state index contributed by atoms with van der Waals surface area (Å²) in [4.78, 5) is 12.3. The number of carbonyl (C=O) groups is 1. The lowest BCUT2D eigenvalue weighted by atomic mass is 10.2. The number of amides is 1. The van der Waals surface area contributed by atoms with Crippen LogP contribution in [-0.4, -0.2) is 38.6 Å². The second-order valence-electron chi connectivity index (χ2n) is 6.72. The third-order valence-electron chi connectivity index (χ3n) is 4.51. The van der Waals surface area contributed by atoms with Crippen LogP contribution in [-0.2, 0) is 11.0 Å². The summed E-state index contributed by atoms with van der Waals surface area (Å²) < 4.78 is 45.4. The Balaban J connectivity index is 1.48. The molecule has 33 heavy (non-hydrogen) atoms. The molecule has 0 aliphatic carbocycles. The van der Waals surface area contributed by atoms with E-state index in [1.807, 2.05) is 12.1 Å². The summed E-state index contributed by atoms with van der Waals surface area (Å²) in [5.74, 6) is 0.589. The van der Waals surface area contributed by atoms with Crippen LogP contribution in [0.25, 0.3) is 17.0 Å². The topological polar surface area (TPSA) is 81.4 Å². The maximum absolute atomic E-state index is 12.9. The predicted octanol–water partition coefficient (Wildman–Crippen LogP) is 5.20. The zero-order valence-corrected chi connectivity index (χ0v) is 18.5. The third kappa shape index (κ3) is 5.20. The van der Waals surface area contributed by atoms with E-state index in [1.165, 1.54) is 0 Å². The molecule has 0 unspecified atom stereocenters. The van der Waals surface area contributed by atoms with Gasteiger partial charge < -0.3 is 10.1 Å². The molecule has 2 heterocycles. The first-order chi connectivity index (χ1) is 15.7. The molecular weight excluding hydrogens is 479 g/mol. The minimum atomic E-state index is -4.54. The monoisotopic (exact) mass is 493 g/mol. The molecule has 2 aromatic carbocycles. The molecule has 12 heteroatoms. The van der Waals surface area contributed by atoms with Crippen LogP contribution in [0, 0.1) is 0 Å². The molecule has 0 aliphatic heterocycles. The summed E-state index contributed by atoms with van der Waals surface area (Å²) in [6.45, 7) is 0. The number of halogens is 4. The van der Waals surface area contributed by atoms with Gasteiger partial charge in [0, 0.05) is 5.56 Å². The highest BCUT2D eigenvalue weighted by Crippen LogP contribution is 2.34. The molecule has 4 aromatic rings. The number of thioether (sulfide) groups is 1. The Labute approximate surface area is 194 Å². The first-order valence-electron chi connectivity index (χ1n) is 9.41. The largest absolute Gasteiger partial charge is 0.497 e. The molecule has 0 fully saturated rings. The highest BCUT2D eigenvalue weighted by Gasteiger charge is 2.31. The summed E-state index contributed by atoms with van der Waals surface area (Å²) in [7, 11) is 1.57. The fourth-order valence-corrected chi connectivity index (χ4v) is 3.71. The SMILES string of the molecule is COc1ccc(-c2nnc3ccc(SCC(=O)Nc4cc(C(F)(F)F)ccc4Cl)nn23)cc1. The molecule has 0 saturated carbocycles. The van der Waals surface area contributed by atoms with Gasteiger partial charge in [0.15, 0.2) is 11.5 Å². The fourth-order valence-electron chi connectivity index (χ4n) is 2.89. The smallest absolute Gasteiger partial charge is 0.416 e. The van der Waals surface area contributed by atoms with Gasteiger partial charge in [-0.2, -0.15) is 22.8 Å². The van der Waals surface area contributed by atoms with E-state index in [2.05, 4.69) is 20.6 Å². The Morgan fingerprint density at radius 3 is 2.58 bits per heavy atom. The van der Waals surface area contributed by atoms with Crippen LogP contribution in [0.2, 0.25) is 5.02 Å². The van der Waals surface area contributed by atoms with Gasteiger partial charge in [0.2, 0.25) is 5.91 Å². The van der Waals surface area contributed by atoms with E-state index in [-0.39, 0.29) is 16.5 Å². The van der Waals surface area contributed by atoms with Gasteiger partial charge in [-0.3, -0.25) is 4.79 Å². The quantitative estimate of drug-likeness (QED) is 0.372. The second-order valence-corrected chi connectivity index (χ2v) is 8.13. The van der Waals surface area contributed by atoms with E-state index in [1.54, 1.807) is 35.9 Å². The lowest BCUT2D eigenvalue weighted by molar-refractivity contribution is -0.137. The van der Waals surface area contributed by atoms with Crippen molar-refractivity contribution in [2.24, 2.45) is 0 Å². The number of hydrogen-bond donors (Lipinski definition) is 1.